The molecular weight excluding hydrogens is 570 g/mol. The van der Waals surface area contributed by atoms with Gasteiger partial charge < -0.3 is 34.8 Å². The van der Waals surface area contributed by atoms with E-state index in [0.29, 0.717) is 37.8 Å². The molecule has 0 radical (unpaired) electrons. The summed E-state index contributed by atoms with van der Waals surface area (Å²) in [5, 5.41) is 34.2. The topological polar surface area (TPSA) is 118 Å². The molecule has 9 heteroatoms. The zero-order chi connectivity index (χ0) is 31.0. The van der Waals surface area contributed by atoms with Crippen molar-refractivity contribution in [3.63, 3.8) is 0 Å². The van der Waals surface area contributed by atoms with E-state index in [-0.39, 0.29) is 0 Å². The fraction of sp³-hybridized carbons (Fsp3) is 0.306. The van der Waals surface area contributed by atoms with Crippen molar-refractivity contribution in [2.24, 2.45) is 0 Å². The lowest BCUT2D eigenvalue weighted by atomic mass is 10.0. The fourth-order valence-corrected chi connectivity index (χ4v) is 5.61. The first kappa shape index (κ1) is 30.8. The van der Waals surface area contributed by atoms with Crippen molar-refractivity contribution in [3.8, 4) is 16.9 Å². The van der Waals surface area contributed by atoms with Gasteiger partial charge in [-0.25, -0.2) is 4.98 Å². The summed E-state index contributed by atoms with van der Waals surface area (Å²) in [4.78, 5) is 4.75. The van der Waals surface area contributed by atoms with Crippen LogP contribution in [-0.4, -0.2) is 63.0 Å². The molecule has 0 spiro atoms. The van der Waals surface area contributed by atoms with Gasteiger partial charge in [-0.15, -0.1) is 0 Å². The number of aliphatic hydroxyl groups is 3. The van der Waals surface area contributed by atoms with E-state index in [4.69, 9.17) is 19.2 Å². The van der Waals surface area contributed by atoms with E-state index in [1.54, 1.807) is 4.57 Å². The monoisotopic (exact) mass is 609 g/mol. The zero-order valence-corrected chi connectivity index (χ0v) is 25.0. The highest BCUT2D eigenvalue weighted by Gasteiger charge is 2.44. The van der Waals surface area contributed by atoms with Crippen LogP contribution >= 0.6 is 0 Å². The number of hydrogen-bond donors (Lipinski definition) is 4. The number of hydrogen-bond acceptors (Lipinski definition) is 8. The molecule has 4 N–H and O–H groups in total. The van der Waals surface area contributed by atoms with Crippen molar-refractivity contribution < 1.29 is 29.5 Å². The Morgan fingerprint density at radius 3 is 2.31 bits per heavy atom. The van der Waals surface area contributed by atoms with Crippen LogP contribution in [0.15, 0.2) is 103 Å². The molecule has 1 aromatic heterocycles. The molecule has 4 atom stereocenters. The Balaban J connectivity index is 1.15. The number of nitrogens with zero attached hydrogens (tertiary/aromatic N) is 2. The Hall–Kier alpha value is -4.25. The Labute approximate surface area is 262 Å². The molecule has 9 nitrogen and oxygen atoms in total. The molecule has 0 bridgehead atoms. The fourth-order valence-electron chi connectivity index (χ4n) is 5.61. The molecule has 234 valence electrons. The SMILES string of the molecule is OC[C@H]1O[C@@H](n2c(NCc3ccc(-c4ccccc4)c(OCCCCOCc4ccccc4)c3)nc3ccccc32)[C@H](O)[C@@H]1O. The molecule has 2 heterocycles. The van der Waals surface area contributed by atoms with Crippen LogP contribution in [0.25, 0.3) is 22.2 Å². The number of benzene rings is 4. The quantitative estimate of drug-likeness (QED) is 0.125. The maximum absolute atomic E-state index is 10.8. The Morgan fingerprint density at radius 1 is 0.800 bits per heavy atom. The van der Waals surface area contributed by atoms with E-state index in [1.807, 2.05) is 66.7 Å². The number of unbranched alkanes of at least 4 members (excludes halogenated alkanes) is 1. The Bertz CT molecular complexity index is 1660. The van der Waals surface area contributed by atoms with Gasteiger partial charge in [-0.2, -0.15) is 0 Å². The van der Waals surface area contributed by atoms with Crippen LogP contribution in [0.3, 0.4) is 0 Å². The maximum Gasteiger partial charge on any atom is 0.206 e. The summed E-state index contributed by atoms with van der Waals surface area (Å²) in [7, 11) is 0. The van der Waals surface area contributed by atoms with Gasteiger partial charge in [-0.1, -0.05) is 84.9 Å². The molecule has 0 aliphatic carbocycles. The van der Waals surface area contributed by atoms with E-state index in [9.17, 15) is 15.3 Å². The van der Waals surface area contributed by atoms with Crippen LogP contribution < -0.4 is 10.1 Å². The highest BCUT2D eigenvalue weighted by molar-refractivity contribution is 5.79. The zero-order valence-electron chi connectivity index (χ0n) is 25.0. The maximum atomic E-state index is 10.8. The number of aromatic nitrogens is 2. The second-order valence-corrected chi connectivity index (χ2v) is 11.2. The lowest BCUT2D eigenvalue weighted by Gasteiger charge is -2.20. The molecule has 4 aromatic carbocycles. The largest absolute Gasteiger partial charge is 0.493 e. The highest BCUT2D eigenvalue weighted by atomic mass is 16.6. The molecule has 1 aliphatic rings. The van der Waals surface area contributed by atoms with Crippen molar-refractivity contribution in [1.82, 2.24) is 9.55 Å². The molecule has 0 unspecified atom stereocenters. The number of anilines is 1. The van der Waals surface area contributed by atoms with Crippen LogP contribution in [0, 0.1) is 0 Å². The summed E-state index contributed by atoms with van der Waals surface area (Å²) in [5.74, 6) is 1.28. The number of aliphatic hydroxyl groups excluding tert-OH is 3. The minimum absolute atomic E-state index is 0.401. The van der Waals surface area contributed by atoms with Crippen molar-refractivity contribution >= 4 is 17.0 Å². The lowest BCUT2D eigenvalue weighted by Crippen LogP contribution is -2.33. The van der Waals surface area contributed by atoms with Gasteiger partial charge in [0.25, 0.3) is 0 Å². The smallest absolute Gasteiger partial charge is 0.206 e. The average Bonchev–Trinajstić information content (AvgIpc) is 3.59. The van der Waals surface area contributed by atoms with Crippen LogP contribution in [0.5, 0.6) is 5.75 Å². The van der Waals surface area contributed by atoms with Gasteiger partial charge >= 0.3 is 0 Å². The molecule has 45 heavy (non-hydrogen) atoms. The van der Waals surface area contributed by atoms with Gasteiger partial charge in [0.15, 0.2) is 6.23 Å². The van der Waals surface area contributed by atoms with E-state index < -0.39 is 31.1 Å². The second kappa shape index (κ2) is 14.7. The molecule has 1 aliphatic heterocycles. The summed E-state index contributed by atoms with van der Waals surface area (Å²) in [5.41, 5.74) is 5.69. The molecule has 5 aromatic rings. The first-order valence-electron chi connectivity index (χ1n) is 15.4. The van der Waals surface area contributed by atoms with Gasteiger partial charge in [0.2, 0.25) is 5.95 Å². The number of para-hydroxylation sites is 2. The summed E-state index contributed by atoms with van der Waals surface area (Å²) in [6, 6.07) is 34.0. The third-order valence-electron chi connectivity index (χ3n) is 8.00. The molecule has 1 fully saturated rings. The summed E-state index contributed by atoms with van der Waals surface area (Å²) < 4.78 is 19.8. The Kier molecular flexibility index (Phi) is 10.0. The van der Waals surface area contributed by atoms with Crippen LogP contribution in [0.1, 0.15) is 30.2 Å². The van der Waals surface area contributed by atoms with E-state index in [0.717, 1.165) is 40.8 Å². The predicted molar refractivity (Wildman–Crippen MR) is 173 cm³/mol. The minimum atomic E-state index is -1.23. The molecule has 1 saturated heterocycles. The van der Waals surface area contributed by atoms with Gasteiger partial charge in [0, 0.05) is 18.7 Å². The van der Waals surface area contributed by atoms with E-state index in [2.05, 4.69) is 41.7 Å². The first-order chi connectivity index (χ1) is 22.1. The lowest BCUT2D eigenvalue weighted by molar-refractivity contribution is -0.0499. The number of nitrogens with one attached hydrogen (secondary N) is 1. The predicted octanol–water partition coefficient (Wildman–Crippen LogP) is 5.30. The van der Waals surface area contributed by atoms with Crippen molar-refractivity contribution in [2.75, 3.05) is 25.1 Å². The van der Waals surface area contributed by atoms with Gasteiger partial charge in [0.05, 0.1) is 30.9 Å². The number of imidazole rings is 1. The van der Waals surface area contributed by atoms with Crippen LogP contribution in [0.4, 0.5) is 5.95 Å². The summed E-state index contributed by atoms with van der Waals surface area (Å²) >= 11 is 0. The third-order valence-corrected chi connectivity index (χ3v) is 8.00. The van der Waals surface area contributed by atoms with Crippen molar-refractivity contribution in [1.29, 1.82) is 0 Å². The van der Waals surface area contributed by atoms with Gasteiger partial charge in [-0.05, 0) is 47.7 Å². The second-order valence-electron chi connectivity index (χ2n) is 11.2. The normalized spacial score (nSPS) is 19.6. The van der Waals surface area contributed by atoms with Crippen LogP contribution in [-0.2, 0) is 22.6 Å². The van der Waals surface area contributed by atoms with Gasteiger partial charge in [-0.3, -0.25) is 4.57 Å². The van der Waals surface area contributed by atoms with Crippen LogP contribution in [0.2, 0.25) is 0 Å². The van der Waals surface area contributed by atoms with Crippen molar-refractivity contribution in [2.45, 2.75) is 50.5 Å². The average molecular weight is 610 g/mol. The van der Waals surface area contributed by atoms with E-state index in [1.165, 1.54) is 5.56 Å². The highest BCUT2D eigenvalue weighted by Crippen LogP contribution is 2.36. The molecule has 0 saturated carbocycles. The summed E-state index contributed by atoms with van der Waals surface area (Å²) in [6.45, 7) is 1.87. The van der Waals surface area contributed by atoms with E-state index >= 15 is 0 Å². The van der Waals surface area contributed by atoms with Crippen molar-refractivity contribution in [3.05, 3.63) is 114 Å². The van der Waals surface area contributed by atoms with Gasteiger partial charge in [0.1, 0.15) is 24.1 Å². The number of ether oxygens (including phenoxy) is 3. The third kappa shape index (κ3) is 7.19. The minimum Gasteiger partial charge on any atom is -0.493 e. The standard InChI is InChI=1S/C36H39N3O6/c40-23-32-33(41)34(42)35(45-32)39-30-16-8-7-15-29(30)38-36(39)37-22-26-17-18-28(27-13-5-2-6-14-27)31(21-26)44-20-10-9-19-43-24-25-11-3-1-4-12-25/h1-8,11-18,21,32-35,40-42H,9-10,19-20,22-24H2,(H,37,38)/t32-,33-,34-,35-/m1/s1. The number of rotatable bonds is 14. The molecule has 0 amide bonds. The first-order valence-corrected chi connectivity index (χ1v) is 15.4. The molecular formula is C36H39N3O6. The number of fused-ring (bicyclic) bond motifs is 1. The molecule has 6 rings (SSSR count). The summed E-state index contributed by atoms with van der Waals surface area (Å²) in [6.07, 6.45) is -2.49. The Morgan fingerprint density at radius 2 is 1.53 bits per heavy atom.